The fourth-order valence-electron chi connectivity index (χ4n) is 4.73. The summed E-state index contributed by atoms with van der Waals surface area (Å²) in [5.74, 6) is 0.839. The molecule has 5 rings (SSSR count). The van der Waals surface area contributed by atoms with Gasteiger partial charge in [-0.05, 0) is 49.8 Å². The molecule has 5 nitrogen and oxygen atoms in total. The maximum absolute atomic E-state index is 13.4. The van der Waals surface area contributed by atoms with E-state index in [1.807, 2.05) is 29.7 Å². The van der Waals surface area contributed by atoms with E-state index in [9.17, 15) is 4.79 Å². The molecule has 2 aromatic heterocycles. The van der Waals surface area contributed by atoms with Gasteiger partial charge in [-0.15, -0.1) is 11.3 Å². The standard InChI is InChI=1S/C23H27ClN4OS/c1-2-28-22(29)20-17-8-4-6-10-19(17)30-21(20)25-23(28)27-13-11-26(12-14-27)15-16-7-3-5-9-18(16)24/h3,5,7,9H,2,4,6,8,10-15H2,1H3. The maximum atomic E-state index is 13.4. The third-order valence-electron chi connectivity index (χ3n) is 6.38. The number of fused-ring (bicyclic) bond motifs is 3. The van der Waals surface area contributed by atoms with Crippen molar-refractivity contribution < 1.29 is 0 Å². The zero-order valence-corrected chi connectivity index (χ0v) is 18.9. The molecule has 1 saturated heterocycles. The minimum Gasteiger partial charge on any atom is -0.340 e. The van der Waals surface area contributed by atoms with Crippen LogP contribution in [0.4, 0.5) is 5.95 Å². The Morgan fingerprint density at radius 2 is 1.87 bits per heavy atom. The van der Waals surface area contributed by atoms with Gasteiger partial charge in [-0.25, -0.2) is 4.98 Å². The normalized spacial score (nSPS) is 17.5. The van der Waals surface area contributed by atoms with Crippen LogP contribution >= 0.6 is 22.9 Å². The van der Waals surface area contributed by atoms with Gasteiger partial charge in [-0.3, -0.25) is 14.3 Å². The summed E-state index contributed by atoms with van der Waals surface area (Å²) >= 11 is 8.08. The Morgan fingerprint density at radius 3 is 2.63 bits per heavy atom. The van der Waals surface area contributed by atoms with Gasteiger partial charge in [0.05, 0.1) is 5.39 Å². The summed E-state index contributed by atoms with van der Waals surface area (Å²) in [6.45, 7) is 7.17. The Kier molecular flexibility index (Phi) is 5.56. The lowest BCUT2D eigenvalue weighted by Crippen LogP contribution is -2.48. The number of aryl methyl sites for hydroxylation is 2. The molecule has 0 radical (unpaired) electrons. The second-order valence-corrected chi connectivity index (χ2v) is 9.70. The number of rotatable bonds is 4. The van der Waals surface area contributed by atoms with Crippen LogP contribution in [0, 0.1) is 0 Å². The smallest absolute Gasteiger partial charge is 0.263 e. The molecule has 3 heterocycles. The van der Waals surface area contributed by atoms with Crippen LogP contribution in [0.3, 0.4) is 0 Å². The third kappa shape index (κ3) is 3.55. The molecule has 0 unspecified atom stereocenters. The number of piperazine rings is 1. The van der Waals surface area contributed by atoms with E-state index in [4.69, 9.17) is 16.6 Å². The summed E-state index contributed by atoms with van der Waals surface area (Å²) in [4.78, 5) is 25.4. The van der Waals surface area contributed by atoms with E-state index in [1.165, 1.54) is 28.8 Å². The second kappa shape index (κ2) is 8.33. The van der Waals surface area contributed by atoms with Crippen LogP contribution in [0.15, 0.2) is 29.1 Å². The van der Waals surface area contributed by atoms with E-state index < -0.39 is 0 Å². The molecular weight excluding hydrogens is 416 g/mol. The number of thiophene rings is 1. The topological polar surface area (TPSA) is 41.4 Å². The first-order valence-corrected chi connectivity index (χ1v) is 12.1. The molecule has 0 N–H and O–H groups in total. The Morgan fingerprint density at radius 1 is 1.10 bits per heavy atom. The summed E-state index contributed by atoms with van der Waals surface area (Å²) in [6.07, 6.45) is 4.52. The number of aromatic nitrogens is 2. The van der Waals surface area contributed by atoms with Crippen molar-refractivity contribution >= 4 is 39.1 Å². The molecule has 158 valence electrons. The summed E-state index contributed by atoms with van der Waals surface area (Å²) in [7, 11) is 0. The van der Waals surface area contributed by atoms with Crippen molar-refractivity contribution in [2.75, 3.05) is 31.1 Å². The lowest BCUT2D eigenvalue weighted by Gasteiger charge is -2.36. The van der Waals surface area contributed by atoms with Crippen LogP contribution < -0.4 is 10.5 Å². The average molecular weight is 443 g/mol. The van der Waals surface area contributed by atoms with E-state index in [2.05, 4.69) is 15.9 Å². The lowest BCUT2D eigenvalue weighted by molar-refractivity contribution is 0.248. The quantitative estimate of drug-likeness (QED) is 0.603. The van der Waals surface area contributed by atoms with Crippen LogP contribution in [0.1, 0.15) is 35.8 Å². The van der Waals surface area contributed by atoms with Gasteiger partial charge in [0.15, 0.2) is 0 Å². The van der Waals surface area contributed by atoms with E-state index >= 15 is 0 Å². The van der Waals surface area contributed by atoms with Crippen molar-refractivity contribution in [3.8, 4) is 0 Å². The Bertz CT molecular complexity index is 1130. The number of anilines is 1. The summed E-state index contributed by atoms with van der Waals surface area (Å²) in [6, 6.07) is 8.06. The van der Waals surface area contributed by atoms with Crippen molar-refractivity contribution in [3.63, 3.8) is 0 Å². The molecule has 30 heavy (non-hydrogen) atoms. The van der Waals surface area contributed by atoms with Gasteiger partial charge < -0.3 is 4.90 Å². The SMILES string of the molecule is CCn1c(N2CCN(Cc3ccccc3Cl)CC2)nc2sc3c(c2c1=O)CCCC3. The van der Waals surface area contributed by atoms with Crippen molar-refractivity contribution in [3.05, 3.63) is 55.6 Å². The van der Waals surface area contributed by atoms with Gasteiger partial charge >= 0.3 is 0 Å². The second-order valence-electron chi connectivity index (χ2n) is 8.21. The molecule has 3 aromatic rings. The number of nitrogens with zero attached hydrogens (tertiary/aromatic N) is 4. The number of halogens is 1. The molecule has 0 atom stereocenters. The third-order valence-corrected chi connectivity index (χ3v) is 7.93. The van der Waals surface area contributed by atoms with Crippen LogP contribution in [-0.4, -0.2) is 40.6 Å². The summed E-state index contributed by atoms with van der Waals surface area (Å²) in [5, 5.41) is 1.71. The van der Waals surface area contributed by atoms with Crippen LogP contribution in [0.5, 0.6) is 0 Å². The molecule has 0 bridgehead atoms. The molecule has 1 aliphatic heterocycles. The summed E-state index contributed by atoms with van der Waals surface area (Å²) in [5.41, 5.74) is 2.59. The highest BCUT2D eigenvalue weighted by molar-refractivity contribution is 7.18. The number of benzene rings is 1. The van der Waals surface area contributed by atoms with Crippen LogP contribution in [0.25, 0.3) is 10.2 Å². The fraction of sp³-hybridized carbons (Fsp3) is 0.478. The lowest BCUT2D eigenvalue weighted by atomic mass is 9.97. The molecule has 0 amide bonds. The Labute approximate surface area is 185 Å². The first-order valence-electron chi connectivity index (χ1n) is 10.9. The average Bonchev–Trinajstić information content (AvgIpc) is 3.14. The van der Waals surface area contributed by atoms with Gasteiger partial charge in [0, 0.05) is 49.2 Å². The van der Waals surface area contributed by atoms with Crippen LogP contribution in [0.2, 0.25) is 5.02 Å². The van der Waals surface area contributed by atoms with E-state index in [1.54, 1.807) is 11.3 Å². The largest absolute Gasteiger partial charge is 0.340 e. The zero-order valence-electron chi connectivity index (χ0n) is 17.4. The molecular formula is C23H27ClN4OS. The minimum atomic E-state index is 0.149. The maximum Gasteiger partial charge on any atom is 0.263 e. The van der Waals surface area contributed by atoms with Gasteiger partial charge in [-0.1, -0.05) is 29.8 Å². The van der Waals surface area contributed by atoms with E-state index in [0.717, 1.165) is 66.8 Å². The number of hydrogen-bond donors (Lipinski definition) is 0. The number of hydrogen-bond acceptors (Lipinski definition) is 5. The molecule has 1 aromatic carbocycles. The molecule has 2 aliphatic rings. The highest BCUT2D eigenvalue weighted by Gasteiger charge is 2.25. The predicted octanol–water partition coefficient (Wildman–Crippen LogP) is 4.33. The molecule has 0 saturated carbocycles. The monoisotopic (exact) mass is 442 g/mol. The highest BCUT2D eigenvalue weighted by Crippen LogP contribution is 2.34. The van der Waals surface area contributed by atoms with Crippen molar-refractivity contribution in [2.24, 2.45) is 0 Å². The molecule has 0 spiro atoms. The first kappa shape index (κ1) is 20.0. The molecule has 1 aliphatic carbocycles. The van der Waals surface area contributed by atoms with Gasteiger partial charge in [0.2, 0.25) is 5.95 Å². The fourth-order valence-corrected chi connectivity index (χ4v) is 6.17. The predicted molar refractivity (Wildman–Crippen MR) is 125 cm³/mol. The van der Waals surface area contributed by atoms with Crippen molar-refractivity contribution in [1.29, 1.82) is 0 Å². The van der Waals surface area contributed by atoms with E-state index in [-0.39, 0.29) is 5.56 Å². The van der Waals surface area contributed by atoms with Gasteiger partial charge in [0.25, 0.3) is 5.56 Å². The molecule has 1 fully saturated rings. The van der Waals surface area contributed by atoms with Gasteiger partial charge in [-0.2, -0.15) is 0 Å². The summed E-state index contributed by atoms with van der Waals surface area (Å²) < 4.78 is 1.88. The highest BCUT2D eigenvalue weighted by atomic mass is 35.5. The zero-order chi connectivity index (χ0) is 20.7. The van der Waals surface area contributed by atoms with Crippen molar-refractivity contribution in [1.82, 2.24) is 14.5 Å². The van der Waals surface area contributed by atoms with Crippen molar-refractivity contribution in [2.45, 2.75) is 45.7 Å². The van der Waals surface area contributed by atoms with E-state index in [0.29, 0.717) is 6.54 Å². The Balaban J connectivity index is 1.40. The minimum absolute atomic E-state index is 0.149. The Hall–Kier alpha value is -1.89. The molecule has 7 heteroatoms. The van der Waals surface area contributed by atoms with Crippen LogP contribution in [-0.2, 0) is 25.9 Å². The van der Waals surface area contributed by atoms with Gasteiger partial charge in [0.1, 0.15) is 4.83 Å². The first-order chi connectivity index (χ1) is 14.7.